The Labute approximate surface area is 125 Å². The van der Waals surface area contributed by atoms with Gasteiger partial charge in [-0.15, -0.1) is 0 Å². The molecule has 0 amide bonds. The van der Waals surface area contributed by atoms with E-state index in [0.29, 0.717) is 0 Å². The zero-order chi connectivity index (χ0) is 15.3. The molecule has 2 N–H and O–H groups in total. The van der Waals surface area contributed by atoms with Gasteiger partial charge in [0.25, 0.3) is 0 Å². The van der Waals surface area contributed by atoms with Gasteiger partial charge in [-0.25, -0.2) is 0 Å². The standard InChI is InChI=1S/C16H27NO2S/c1-12(2)15(18)16(3,4)11-17-10-13-6-8-14(9-7-13)20(5)19/h6-9,12,15,17-18H,10-11H2,1-5H3. The Morgan fingerprint density at radius 3 is 2.25 bits per heavy atom. The van der Waals surface area contributed by atoms with E-state index in [4.69, 9.17) is 0 Å². The molecular formula is C16H27NO2S. The first-order valence-electron chi connectivity index (χ1n) is 7.05. The maximum Gasteiger partial charge on any atom is 0.0626 e. The molecule has 1 rings (SSSR count). The van der Waals surface area contributed by atoms with Crippen molar-refractivity contribution in [2.24, 2.45) is 11.3 Å². The van der Waals surface area contributed by atoms with Gasteiger partial charge in [-0.3, -0.25) is 4.21 Å². The predicted octanol–water partition coefficient (Wildman–Crippen LogP) is 2.56. The largest absolute Gasteiger partial charge is 0.392 e. The number of rotatable bonds is 7. The van der Waals surface area contributed by atoms with E-state index in [1.165, 1.54) is 0 Å². The van der Waals surface area contributed by atoms with Gasteiger partial charge in [0.15, 0.2) is 0 Å². The van der Waals surface area contributed by atoms with Gasteiger partial charge in [-0.05, 0) is 23.6 Å². The van der Waals surface area contributed by atoms with Gasteiger partial charge >= 0.3 is 0 Å². The van der Waals surface area contributed by atoms with Crippen LogP contribution < -0.4 is 5.32 Å². The fourth-order valence-corrected chi connectivity index (χ4v) is 2.85. The van der Waals surface area contributed by atoms with Crippen LogP contribution in [0, 0.1) is 11.3 Å². The third-order valence-electron chi connectivity index (χ3n) is 3.60. The Morgan fingerprint density at radius 1 is 1.25 bits per heavy atom. The Morgan fingerprint density at radius 2 is 1.80 bits per heavy atom. The molecule has 1 aromatic rings. The van der Waals surface area contributed by atoms with Crippen LogP contribution in [0.25, 0.3) is 0 Å². The highest BCUT2D eigenvalue weighted by Crippen LogP contribution is 2.25. The molecule has 0 spiro atoms. The summed E-state index contributed by atoms with van der Waals surface area (Å²) in [5.74, 6) is 0.255. The van der Waals surface area contributed by atoms with Crippen LogP contribution in [0.3, 0.4) is 0 Å². The molecule has 2 unspecified atom stereocenters. The van der Waals surface area contributed by atoms with Gasteiger partial charge in [0.2, 0.25) is 0 Å². The quantitative estimate of drug-likeness (QED) is 0.813. The topological polar surface area (TPSA) is 49.3 Å². The maximum atomic E-state index is 11.3. The van der Waals surface area contributed by atoms with Gasteiger partial charge in [-0.1, -0.05) is 39.8 Å². The highest BCUT2D eigenvalue weighted by molar-refractivity contribution is 7.84. The summed E-state index contributed by atoms with van der Waals surface area (Å²) in [4.78, 5) is 0.851. The Hall–Kier alpha value is -0.710. The summed E-state index contributed by atoms with van der Waals surface area (Å²) in [6, 6.07) is 7.80. The van der Waals surface area contributed by atoms with E-state index in [-0.39, 0.29) is 17.4 Å². The first-order valence-corrected chi connectivity index (χ1v) is 8.61. The van der Waals surface area contributed by atoms with E-state index < -0.39 is 10.8 Å². The highest BCUT2D eigenvalue weighted by atomic mass is 32.2. The lowest BCUT2D eigenvalue weighted by molar-refractivity contribution is 0.0134. The maximum absolute atomic E-state index is 11.3. The van der Waals surface area contributed by atoms with Gasteiger partial charge in [0.05, 0.1) is 6.10 Å². The van der Waals surface area contributed by atoms with Crippen LogP contribution in [0.1, 0.15) is 33.3 Å². The normalized spacial score (nSPS) is 15.3. The lowest BCUT2D eigenvalue weighted by atomic mass is 9.80. The molecule has 0 aliphatic rings. The van der Waals surface area contributed by atoms with Crippen molar-refractivity contribution in [2.75, 3.05) is 12.8 Å². The van der Waals surface area contributed by atoms with Crippen molar-refractivity contribution >= 4 is 10.8 Å². The van der Waals surface area contributed by atoms with Crippen molar-refractivity contribution in [3.05, 3.63) is 29.8 Å². The van der Waals surface area contributed by atoms with Crippen LogP contribution in [-0.2, 0) is 17.3 Å². The van der Waals surface area contributed by atoms with Crippen LogP contribution >= 0.6 is 0 Å². The molecule has 1 aromatic carbocycles. The Bertz CT molecular complexity index is 440. The van der Waals surface area contributed by atoms with Crippen molar-refractivity contribution in [1.29, 1.82) is 0 Å². The van der Waals surface area contributed by atoms with Gasteiger partial charge in [-0.2, -0.15) is 0 Å². The second-order valence-electron chi connectivity index (χ2n) is 6.38. The Balaban J connectivity index is 2.50. The number of hydrogen-bond donors (Lipinski definition) is 2. The van der Waals surface area contributed by atoms with E-state index in [2.05, 4.69) is 19.2 Å². The Kier molecular flexibility index (Phi) is 6.37. The van der Waals surface area contributed by atoms with E-state index in [1.54, 1.807) is 6.26 Å². The first kappa shape index (κ1) is 17.3. The summed E-state index contributed by atoms with van der Waals surface area (Å²) in [5.41, 5.74) is 1.01. The molecule has 0 saturated heterocycles. The SMILES string of the molecule is CC(C)C(O)C(C)(C)CNCc1ccc(S(C)=O)cc1. The van der Waals surface area contributed by atoms with Crippen LogP contribution in [-0.4, -0.2) is 28.2 Å². The van der Waals surface area contributed by atoms with Gasteiger partial charge < -0.3 is 10.4 Å². The number of hydrogen-bond acceptors (Lipinski definition) is 3. The molecule has 0 aromatic heterocycles. The van der Waals surface area contributed by atoms with E-state index in [1.807, 2.05) is 38.1 Å². The molecule has 0 aliphatic heterocycles. The van der Waals surface area contributed by atoms with Crippen LogP contribution in [0.4, 0.5) is 0 Å². The minimum Gasteiger partial charge on any atom is -0.392 e. The third-order valence-corrected chi connectivity index (χ3v) is 4.53. The molecule has 114 valence electrons. The second kappa shape index (κ2) is 7.34. The monoisotopic (exact) mass is 297 g/mol. The van der Waals surface area contributed by atoms with Gasteiger partial charge in [0.1, 0.15) is 0 Å². The highest BCUT2D eigenvalue weighted by Gasteiger charge is 2.29. The lowest BCUT2D eigenvalue weighted by Crippen LogP contribution is -2.41. The predicted molar refractivity (Wildman–Crippen MR) is 85.1 cm³/mol. The molecule has 20 heavy (non-hydrogen) atoms. The minimum atomic E-state index is -0.922. The van der Waals surface area contributed by atoms with Crippen molar-refractivity contribution in [3.63, 3.8) is 0 Å². The van der Waals surface area contributed by atoms with Crippen molar-refractivity contribution in [2.45, 2.75) is 45.2 Å². The van der Waals surface area contributed by atoms with Crippen molar-refractivity contribution < 1.29 is 9.32 Å². The number of nitrogens with one attached hydrogen (secondary N) is 1. The second-order valence-corrected chi connectivity index (χ2v) is 7.76. The van der Waals surface area contributed by atoms with Crippen molar-refractivity contribution in [1.82, 2.24) is 5.32 Å². The number of aliphatic hydroxyl groups excluding tert-OH is 1. The van der Waals surface area contributed by atoms with E-state index >= 15 is 0 Å². The third kappa shape index (κ3) is 5.00. The fourth-order valence-electron chi connectivity index (χ4n) is 2.33. The van der Waals surface area contributed by atoms with Crippen LogP contribution in [0.5, 0.6) is 0 Å². The minimum absolute atomic E-state index is 0.154. The summed E-state index contributed by atoms with van der Waals surface area (Å²) >= 11 is 0. The molecular weight excluding hydrogens is 270 g/mol. The van der Waals surface area contributed by atoms with Crippen LogP contribution in [0.2, 0.25) is 0 Å². The molecule has 0 fully saturated rings. The zero-order valence-corrected chi connectivity index (χ0v) is 14.0. The molecule has 4 heteroatoms. The lowest BCUT2D eigenvalue weighted by Gasteiger charge is -2.33. The van der Waals surface area contributed by atoms with E-state index in [9.17, 15) is 9.32 Å². The first-order chi connectivity index (χ1) is 9.24. The molecule has 0 bridgehead atoms. The fraction of sp³-hybridized carbons (Fsp3) is 0.625. The smallest absolute Gasteiger partial charge is 0.0626 e. The number of benzene rings is 1. The summed E-state index contributed by atoms with van der Waals surface area (Å²) in [6.07, 6.45) is 1.36. The summed E-state index contributed by atoms with van der Waals surface area (Å²) in [6.45, 7) is 9.74. The molecule has 0 aliphatic carbocycles. The van der Waals surface area contributed by atoms with E-state index in [0.717, 1.165) is 23.5 Å². The van der Waals surface area contributed by atoms with Gasteiger partial charge in [0, 0.05) is 40.5 Å². The zero-order valence-electron chi connectivity index (χ0n) is 13.1. The van der Waals surface area contributed by atoms with Crippen LogP contribution in [0.15, 0.2) is 29.2 Å². The molecule has 0 radical (unpaired) electrons. The summed E-state index contributed by atoms with van der Waals surface area (Å²) < 4.78 is 11.3. The van der Waals surface area contributed by atoms with Crippen molar-refractivity contribution in [3.8, 4) is 0 Å². The summed E-state index contributed by atoms with van der Waals surface area (Å²) in [5, 5.41) is 13.6. The molecule has 0 saturated carbocycles. The average molecular weight is 297 g/mol. The average Bonchev–Trinajstić information content (AvgIpc) is 2.38. The number of aliphatic hydroxyl groups is 1. The molecule has 0 heterocycles. The molecule has 3 nitrogen and oxygen atoms in total. The summed E-state index contributed by atoms with van der Waals surface area (Å²) in [7, 11) is -0.922. The molecule has 2 atom stereocenters.